The van der Waals surface area contributed by atoms with Crippen LogP contribution in [0.5, 0.6) is 0 Å². The lowest BCUT2D eigenvalue weighted by Gasteiger charge is -2.39. The van der Waals surface area contributed by atoms with E-state index in [9.17, 15) is 5.11 Å². The fourth-order valence-electron chi connectivity index (χ4n) is 3.64. The van der Waals surface area contributed by atoms with Crippen LogP contribution in [0.15, 0.2) is 12.4 Å². The molecule has 2 heterocycles. The maximum Gasteiger partial charge on any atom is 0.0626 e. The molecule has 1 N–H and O–H groups in total. The Kier molecular flexibility index (Phi) is 4.62. The Morgan fingerprint density at radius 1 is 1.43 bits per heavy atom. The minimum Gasteiger partial charge on any atom is -0.393 e. The van der Waals surface area contributed by atoms with Crippen molar-refractivity contribution in [3.8, 4) is 0 Å². The molecular formula is C16H27N3O2. The summed E-state index contributed by atoms with van der Waals surface area (Å²) in [7, 11) is 0. The normalized spacial score (nSPS) is 31.1. The van der Waals surface area contributed by atoms with Gasteiger partial charge in [0.15, 0.2) is 0 Å². The number of morpholine rings is 1. The van der Waals surface area contributed by atoms with Crippen molar-refractivity contribution in [2.75, 3.05) is 19.8 Å². The summed E-state index contributed by atoms with van der Waals surface area (Å²) in [5.74, 6) is 0.366. The number of aliphatic hydroxyl groups excluding tert-OH is 1. The van der Waals surface area contributed by atoms with E-state index in [4.69, 9.17) is 4.74 Å². The second-order valence-electron chi connectivity index (χ2n) is 6.70. The zero-order valence-electron chi connectivity index (χ0n) is 13.1. The second kappa shape index (κ2) is 6.46. The third kappa shape index (κ3) is 3.30. The lowest BCUT2D eigenvalue weighted by molar-refractivity contribution is -0.0536. The largest absolute Gasteiger partial charge is 0.393 e. The van der Waals surface area contributed by atoms with Crippen molar-refractivity contribution in [1.29, 1.82) is 0 Å². The molecule has 0 aromatic carbocycles. The van der Waals surface area contributed by atoms with Crippen LogP contribution in [0.25, 0.3) is 0 Å². The molecule has 1 saturated carbocycles. The quantitative estimate of drug-likeness (QED) is 0.920. The van der Waals surface area contributed by atoms with Gasteiger partial charge in [0.1, 0.15) is 0 Å². The Hall–Kier alpha value is -0.910. The first kappa shape index (κ1) is 15.0. The SMILES string of the molecule is CC(C)n1cc(CN2CCOC[C@@H]2[C@@H]2CCC[C@H]2O)cn1. The molecule has 1 aliphatic carbocycles. The smallest absolute Gasteiger partial charge is 0.0626 e. The molecule has 118 valence electrons. The van der Waals surface area contributed by atoms with Gasteiger partial charge in [0.2, 0.25) is 0 Å². The van der Waals surface area contributed by atoms with E-state index in [-0.39, 0.29) is 6.10 Å². The maximum absolute atomic E-state index is 10.2. The molecule has 3 atom stereocenters. The molecule has 21 heavy (non-hydrogen) atoms. The highest BCUT2D eigenvalue weighted by Gasteiger charge is 2.37. The third-order valence-corrected chi connectivity index (χ3v) is 4.88. The molecule has 0 amide bonds. The van der Waals surface area contributed by atoms with Crippen LogP contribution in [0.2, 0.25) is 0 Å². The van der Waals surface area contributed by atoms with Gasteiger partial charge < -0.3 is 9.84 Å². The van der Waals surface area contributed by atoms with Gasteiger partial charge >= 0.3 is 0 Å². The Labute approximate surface area is 126 Å². The van der Waals surface area contributed by atoms with Gasteiger partial charge in [0, 0.05) is 42.9 Å². The van der Waals surface area contributed by atoms with Crippen LogP contribution in [0.1, 0.15) is 44.7 Å². The molecular weight excluding hydrogens is 266 g/mol. The number of ether oxygens (including phenoxy) is 1. The zero-order chi connectivity index (χ0) is 14.8. The van der Waals surface area contributed by atoms with Crippen molar-refractivity contribution < 1.29 is 9.84 Å². The van der Waals surface area contributed by atoms with Crippen molar-refractivity contribution in [2.45, 2.75) is 57.8 Å². The molecule has 3 rings (SSSR count). The third-order valence-electron chi connectivity index (χ3n) is 4.88. The predicted octanol–water partition coefficient (Wildman–Crippen LogP) is 1.83. The van der Waals surface area contributed by atoms with Gasteiger partial charge in [-0.15, -0.1) is 0 Å². The first-order valence-electron chi connectivity index (χ1n) is 8.18. The van der Waals surface area contributed by atoms with Gasteiger partial charge in [-0.3, -0.25) is 9.58 Å². The standard InChI is InChI=1S/C16H27N3O2/c1-12(2)19-10-13(8-17-19)9-18-6-7-21-11-15(18)14-4-3-5-16(14)20/h8,10,12,14-16,20H,3-7,9,11H2,1-2H3/t14-,15+,16+/m0/s1. The zero-order valence-corrected chi connectivity index (χ0v) is 13.1. The van der Waals surface area contributed by atoms with E-state index in [2.05, 4.69) is 30.0 Å². The lowest BCUT2D eigenvalue weighted by Crippen LogP contribution is -2.50. The first-order valence-corrected chi connectivity index (χ1v) is 8.18. The minimum absolute atomic E-state index is 0.155. The summed E-state index contributed by atoms with van der Waals surface area (Å²) in [5.41, 5.74) is 1.25. The van der Waals surface area contributed by atoms with E-state index in [1.807, 2.05) is 10.9 Å². The van der Waals surface area contributed by atoms with Gasteiger partial charge in [-0.2, -0.15) is 5.10 Å². The van der Waals surface area contributed by atoms with Gasteiger partial charge in [-0.05, 0) is 26.7 Å². The van der Waals surface area contributed by atoms with Gasteiger partial charge in [-0.25, -0.2) is 0 Å². The van der Waals surface area contributed by atoms with Crippen molar-refractivity contribution >= 4 is 0 Å². The maximum atomic E-state index is 10.2. The van der Waals surface area contributed by atoms with E-state index in [0.29, 0.717) is 18.0 Å². The molecule has 2 fully saturated rings. The van der Waals surface area contributed by atoms with Crippen molar-refractivity contribution in [3.63, 3.8) is 0 Å². The molecule has 2 aliphatic rings. The topological polar surface area (TPSA) is 50.5 Å². The summed E-state index contributed by atoms with van der Waals surface area (Å²) in [4.78, 5) is 2.48. The molecule has 0 bridgehead atoms. The van der Waals surface area contributed by atoms with Crippen molar-refractivity contribution in [1.82, 2.24) is 14.7 Å². The highest BCUT2D eigenvalue weighted by molar-refractivity contribution is 5.05. The molecule has 1 saturated heterocycles. The highest BCUT2D eigenvalue weighted by Crippen LogP contribution is 2.32. The second-order valence-corrected chi connectivity index (χ2v) is 6.70. The van der Waals surface area contributed by atoms with Crippen LogP contribution in [0, 0.1) is 5.92 Å². The summed E-state index contributed by atoms with van der Waals surface area (Å²) in [6.45, 7) is 7.68. The number of aromatic nitrogens is 2. The Bertz CT molecular complexity index is 460. The van der Waals surface area contributed by atoms with Crippen LogP contribution in [0.4, 0.5) is 0 Å². The summed E-state index contributed by atoms with van der Waals surface area (Å²) < 4.78 is 7.69. The van der Waals surface area contributed by atoms with E-state index in [0.717, 1.165) is 45.6 Å². The summed E-state index contributed by atoms with van der Waals surface area (Å²) in [6, 6.07) is 0.745. The van der Waals surface area contributed by atoms with E-state index in [1.54, 1.807) is 0 Å². The lowest BCUT2D eigenvalue weighted by atomic mass is 9.94. The fourth-order valence-corrected chi connectivity index (χ4v) is 3.64. The predicted molar refractivity (Wildman–Crippen MR) is 81.0 cm³/mol. The number of hydrogen-bond acceptors (Lipinski definition) is 4. The van der Waals surface area contributed by atoms with E-state index < -0.39 is 0 Å². The van der Waals surface area contributed by atoms with Crippen molar-refractivity contribution in [2.24, 2.45) is 5.92 Å². The number of nitrogens with zero attached hydrogens (tertiary/aromatic N) is 3. The molecule has 0 spiro atoms. The number of hydrogen-bond donors (Lipinski definition) is 1. The summed E-state index contributed by atoms with van der Waals surface area (Å²) >= 11 is 0. The van der Waals surface area contributed by atoms with Crippen LogP contribution in [-0.4, -0.2) is 51.7 Å². The van der Waals surface area contributed by atoms with Crippen LogP contribution in [0.3, 0.4) is 0 Å². The van der Waals surface area contributed by atoms with E-state index in [1.165, 1.54) is 5.56 Å². The number of aliphatic hydroxyl groups is 1. The molecule has 1 aromatic heterocycles. The molecule has 1 aromatic rings. The summed E-state index contributed by atoms with van der Waals surface area (Å²) in [6.07, 6.45) is 7.16. The minimum atomic E-state index is -0.155. The van der Waals surface area contributed by atoms with Crippen LogP contribution in [-0.2, 0) is 11.3 Å². The van der Waals surface area contributed by atoms with Crippen LogP contribution < -0.4 is 0 Å². The molecule has 0 unspecified atom stereocenters. The fraction of sp³-hybridized carbons (Fsp3) is 0.812. The average molecular weight is 293 g/mol. The van der Waals surface area contributed by atoms with Crippen LogP contribution >= 0.6 is 0 Å². The first-order chi connectivity index (χ1) is 10.1. The Morgan fingerprint density at radius 2 is 2.29 bits per heavy atom. The summed E-state index contributed by atoms with van der Waals surface area (Å²) in [5, 5.41) is 14.6. The monoisotopic (exact) mass is 293 g/mol. The number of rotatable bonds is 4. The van der Waals surface area contributed by atoms with Gasteiger partial charge in [0.05, 0.1) is 25.5 Å². The molecule has 5 heteroatoms. The van der Waals surface area contributed by atoms with Gasteiger partial charge in [-0.1, -0.05) is 6.42 Å². The Morgan fingerprint density at radius 3 is 2.95 bits per heavy atom. The van der Waals surface area contributed by atoms with Gasteiger partial charge in [0.25, 0.3) is 0 Å². The Balaban J connectivity index is 1.68. The highest BCUT2D eigenvalue weighted by atomic mass is 16.5. The molecule has 5 nitrogen and oxygen atoms in total. The van der Waals surface area contributed by atoms with E-state index >= 15 is 0 Å². The van der Waals surface area contributed by atoms with Crippen molar-refractivity contribution in [3.05, 3.63) is 18.0 Å². The average Bonchev–Trinajstić information content (AvgIpc) is 3.09. The molecule has 0 radical (unpaired) electrons. The molecule has 1 aliphatic heterocycles.